The Morgan fingerprint density at radius 1 is 0.741 bits per heavy atom. The molecule has 0 radical (unpaired) electrons. The molecule has 54 heavy (non-hydrogen) atoms. The Labute approximate surface area is 316 Å². The third-order valence-corrected chi connectivity index (χ3v) is 8.68. The molecule has 3 atom stereocenters. The van der Waals surface area contributed by atoms with Gasteiger partial charge in [0.25, 0.3) is 0 Å². The maximum Gasteiger partial charge on any atom is 0.408 e. The average molecular weight is 739 g/mol. The topological polar surface area (TPSA) is 159 Å². The van der Waals surface area contributed by atoms with Crippen molar-refractivity contribution in [2.24, 2.45) is 0 Å². The van der Waals surface area contributed by atoms with Gasteiger partial charge in [-0.3, -0.25) is 28.5 Å². The molecule has 3 aromatic carbocycles. The normalized spacial score (nSPS) is 12.9. The number of hydrogen-bond donors (Lipinski definition) is 3. The summed E-state index contributed by atoms with van der Waals surface area (Å²) in [7, 11) is 4.83. The molecule has 0 spiro atoms. The molecule has 1 aromatic heterocycles. The van der Waals surface area contributed by atoms with E-state index in [1.807, 2.05) is 60.7 Å². The molecule has 13 heteroatoms. The number of nitrogens with zero attached hydrogens (tertiary/aromatic N) is 3. The van der Waals surface area contributed by atoms with Gasteiger partial charge in [-0.2, -0.15) is 0 Å². The molecule has 4 rings (SSSR count). The minimum atomic E-state index is -1.28. The highest BCUT2D eigenvalue weighted by Gasteiger charge is 2.33. The summed E-state index contributed by atoms with van der Waals surface area (Å²) < 4.78 is 6.79. The van der Waals surface area contributed by atoms with Gasteiger partial charge in [-0.25, -0.2) is 4.79 Å². The standard InChI is InChI=1S/C41H50N6O7/c1-41(2,3)54-40(53)44-32(21-22-36(49)45(4)5)37(50)42-33(24-30-26-47(27-48)35-20-14-13-19-31(30)35)38(51)43-34(23-28-15-9-7-10-16-28)39(52)46(6)25-29-17-11-8-12-18-29/h7-20,26-27,32-34H,21-25H2,1-6H3,(H,42,50)(H,43,51)(H,44,53)/t32?,33-,34+/m1/s1. The monoisotopic (exact) mass is 738 g/mol. The van der Waals surface area contributed by atoms with Gasteiger partial charge in [0, 0.05) is 58.5 Å². The number of ether oxygens (including phenoxy) is 1. The number of benzene rings is 3. The van der Waals surface area contributed by atoms with Crippen molar-refractivity contribution in [3.63, 3.8) is 0 Å². The molecule has 5 amide bonds. The summed E-state index contributed by atoms with van der Waals surface area (Å²) in [6.07, 6.45) is 1.32. The van der Waals surface area contributed by atoms with Gasteiger partial charge in [0.1, 0.15) is 23.7 Å². The highest BCUT2D eigenvalue weighted by molar-refractivity contribution is 5.95. The zero-order valence-electron chi connectivity index (χ0n) is 31.7. The van der Waals surface area contributed by atoms with Crippen molar-refractivity contribution in [2.45, 2.75) is 76.7 Å². The lowest BCUT2D eigenvalue weighted by atomic mass is 10.0. The van der Waals surface area contributed by atoms with Crippen molar-refractivity contribution >= 4 is 47.0 Å². The Kier molecular flexibility index (Phi) is 14.1. The number of carbonyl (C=O) groups is 6. The third kappa shape index (κ3) is 11.8. The van der Waals surface area contributed by atoms with E-state index in [0.717, 1.165) is 11.1 Å². The molecule has 286 valence electrons. The fourth-order valence-electron chi connectivity index (χ4n) is 5.96. The van der Waals surface area contributed by atoms with Crippen molar-refractivity contribution in [1.82, 2.24) is 30.3 Å². The molecule has 0 aliphatic rings. The molecular weight excluding hydrogens is 688 g/mol. The first-order chi connectivity index (χ1) is 25.6. The summed E-state index contributed by atoms with van der Waals surface area (Å²) in [4.78, 5) is 82.8. The van der Waals surface area contributed by atoms with Crippen LogP contribution in [-0.4, -0.2) is 95.4 Å². The second-order valence-corrected chi connectivity index (χ2v) is 14.4. The fourth-order valence-corrected chi connectivity index (χ4v) is 5.96. The maximum atomic E-state index is 14.4. The number of aromatic nitrogens is 1. The number of amides is 5. The van der Waals surface area contributed by atoms with E-state index in [9.17, 15) is 28.8 Å². The molecule has 0 bridgehead atoms. The highest BCUT2D eigenvalue weighted by atomic mass is 16.6. The second-order valence-electron chi connectivity index (χ2n) is 14.4. The lowest BCUT2D eigenvalue weighted by Crippen LogP contribution is -2.58. The van der Waals surface area contributed by atoms with Crippen molar-refractivity contribution in [1.29, 1.82) is 0 Å². The minimum absolute atomic E-state index is 0.0686. The molecular formula is C41H50N6O7. The SMILES string of the molecule is CN(C)C(=O)CCC(NC(=O)OC(C)(C)C)C(=O)N[C@H](Cc1cn(C=O)c2ccccc12)C(=O)N[C@@H](Cc1ccccc1)C(=O)N(C)Cc1ccccc1. The lowest BCUT2D eigenvalue weighted by Gasteiger charge is -2.28. The van der Waals surface area contributed by atoms with Gasteiger partial charge < -0.3 is 30.5 Å². The molecule has 0 aliphatic heterocycles. The summed E-state index contributed by atoms with van der Waals surface area (Å²) in [5, 5.41) is 8.95. The molecule has 0 fully saturated rings. The van der Waals surface area contributed by atoms with E-state index in [4.69, 9.17) is 4.74 Å². The van der Waals surface area contributed by atoms with Crippen LogP contribution in [0.1, 0.15) is 50.3 Å². The Morgan fingerprint density at radius 3 is 1.93 bits per heavy atom. The molecule has 3 N–H and O–H groups in total. The molecule has 0 aliphatic carbocycles. The van der Waals surface area contributed by atoms with Gasteiger partial charge in [0.2, 0.25) is 30.0 Å². The molecule has 4 aromatic rings. The first-order valence-electron chi connectivity index (χ1n) is 17.8. The Morgan fingerprint density at radius 2 is 1.31 bits per heavy atom. The number of likely N-dealkylation sites (N-methyl/N-ethyl adjacent to an activating group) is 1. The number of fused-ring (bicyclic) bond motifs is 1. The summed E-state index contributed by atoms with van der Waals surface area (Å²) >= 11 is 0. The minimum Gasteiger partial charge on any atom is -0.444 e. The number of alkyl carbamates (subject to hydrolysis) is 1. The van der Waals surface area contributed by atoms with Crippen molar-refractivity contribution in [3.05, 3.63) is 108 Å². The highest BCUT2D eigenvalue weighted by Crippen LogP contribution is 2.22. The zero-order chi connectivity index (χ0) is 39.4. The van der Waals surface area contributed by atoms with Gasteiger partial charge in [0.05, 0.1) is 5.52 Å². The molecule has 1 unspecified atom stereocenters. The molecule has 13 nitrogen and oxygen atoms in total. The number of carbonyl (C=O) groups excluding carboxylic acids is 6. The van der Waals surface area contributed by atoms with Crippen LogP contribution < -0.4 is 16.0 Å². The van der Waals surface area contributed by atoms with Crippen molar-refractivity contribution in [3.8, 4) is 0 Å². The van der Waals surface area contributed by atoms with Crippen LogP contribution in [0.2, 0.25) is 0 Å². The third-order valence-electron chi connectivity index (χ3n) is 8.68. The van der Waals surface area contributed by atoms with Crippen LogP contribution in [0, 0.1) is 0 Å². The first-order valence-corrected chi connectivity index (χ1v) is 17.8. The van der Waals surface area contributed by atoms with E-state index in [0.29, 0.717) is 29.4 Å². The predicted octanol–water partition coefficient (Wildman–Crippen LogP) is 3.85. The first kappa shape index (κ1) is 40.8. The van der Waals surface area contributed by atoms with Crippen molar-refractivity contribution in [2.75, 3.05) is 21.1 Å². The number of hydrogen-bond acceptors (Lipinski definition) is 7. The van der Waals surface area contributed by atoms with E-state index in [1.54, 1.807) is 72.4 Å². The van der Waals surface area contributed by atoms with Crippen LogP contribution in [-0.2, 0) is 48.1 Å². The van der Waals surface area contributed by atoms with Crippen LogP contribution in [0.25, 0.3) is 10.9 Å². The number of rotatable bonds is 16. The van der Waals surface area contributed by atoms with Crippen LogP contribution in [0.15, 0.2) is 91.1 Å². The Bertz CT molecular complexity index is 1920. The van der Waals surface area contributed by atoms with E-state index < -0.39 is 41.6 Å². The van der Waals surface area contributed by atoms with E-state index >= 15 is 0 Å². The van der Waals surface area contributed by atoms with E-state index in [1.165, 1.54) is 14.4 Å². The number of nitrogens with one attached hydrogen (secondary N) is 3. The van der Waals surface area contributed by atoms with Crippen LogP contribution >= 0.6 is 0 Å². The summed E-state index contributed by atoms with van der Waals surface area (Å²) in [5.74, 6) is -2.00. The fraction of sp³-hybridized carbons (Fsp3) is 0.366. The van der Waals surface area contributed by atoms with Gasteiger partial charge in [-0.1, -0.05) is 78.9 Å². The molecule has 0 saturated carbocycles. The predicted molar refractivity (Wildman–Crippen MR) is 206 cm³/mol. The van der Waals surface area contributed by atoms with Gasteiger partial charge in [-0.05, 0) is 49.9 Å². The van der Waals surface area contributed by atoms with Crippen LogP contribution in [0.4, 0.5) is 4.79 Å². The Balaban J connectivity index is 1.68. The average Bonchev–Trinajstić information content (AvgIpc) is 3.49. The smallest absolute Gasteiger partial charge is 0.408 e. The van der Waals surface area contributed by atoms with Gasteiger partial charge in [-0.15, -0.1) is 0 Å². The van der Waals surface area contributed by atoms with E-state index in [2.05, 4.69) is 16.0 Å². The largest absolute Gasteiger partial charge is 0.444 e. The van der Waals surface area contributed by atoms with Crippen molar-refractivity contribution < 1.29 is 33.5 Å². The van der Waals surface area contributed by atoms with Gasteiger partial charge >= 0.3 is 6.09 Å². The summed E-state index contributed by atoms with van der Waals surface area (Å²) in [6, 6.07) is 22.3. The summed E-state index contributed by atoms with van der Waals surface area (Å²) in [6.45, 7) is 5.34. The van der Waals surface area contributed by atoms with Crippen LogP contribution in [0.3, 0.4) is 0 Å². The lowest BCUT2D eigenvalue weighted by molar-refractivity contribution is -0.137. The van der Waals surface area contributed by atoms with Crippen LogP contribution in [0.5, 0.6) is 0 Å². The number of para-hydroxylation sites is 1. The molecule has 1 heterocycles. The van der Waals surface area contributed by atoms with Gasteiger partial charge in [0.15, 0.2) is 0 Å². The Hall–Kier alpha value is -5.98. The molecule has 0 saturated heterocycles. The van der Waals surface area contributed by atoms with E-state index in [-0.39, 0.29) is 37.5 Å². The quantitative estimate of drug-likeness (QED) is 0.147. The zero-order valence-corrected chi connectivity index (χ0v) is 31.7. The second kappa shape index (κ2) is 18.7. The maximum absolute atomic E-state index is 14.4. The summed E-state index contributed by atoms with van der Waals surface area (Å²) in [5.41, 5.74) is 2.05.